The van der Waals surface area contributed by atoms with Crippen LogP contribution in [0.3, 0.4) is 0 Å². The highest BCUT2D eigenvalue weighted by molar-refractivity contribution is 8.14. The summed E-state index contributed by atoms with van der Waals surface area (Å²) in [5, 5.41) is -0.410. The first-order valence-corrected chi connectivity index (χ1v) is 9.13. The van der Waals surface area contributed by atoms with Crippen molar-refractivity contribution in [2.45, 2.75) is 30.4 Å². The van der Waals surface area contributed by atoms with E-state index in [-0.39, 0.29) is 11.1 Å². The third-order valence-corrected chi connectivity index (χ3v) is 5.34. The highest BCUT2D eigenvalue weighted by atomic mass is 32.2. The highest BCUT2D eigenvalue weighted by Crippen LogP contribution is 2.54. The number of rotatable bonds is 3. The number of hydrogen-bond donors (Lipinski definition) is 0. The number of alkyl halides is 6. The minimum absolute atomic E-state index is 0.119. The van der Waals surface area contributed by atoms with Crippen molar-refractivity contribution in [1.29, 1.82) is 0 Å². The molecular weight excluding hydrogens is 420 g/mol. The fourth-order valence-corrected chi connectivity index (χ4v) is 3.76. The number of benzene rings is 2. The number of nitrogens with zero attached hydrogens (tertiary/aromatic N) is 1. The Morgan fingerprint density at radius 1 is 0.931 bits per heavy atom. The zero-order chi connectivity index (χ0) is 21.4. The fourth-order valence-electron chi connectivity index (χ4n) is 2.62. The molecule has 1 aliphatic rings. The van der Waals surface area contributed by atoms with E-state index in [1.165, 1.54) is 43.5 Å². The summed E-state index contributed by atoms with van der Waals surface area (Å²) in [7, 11) is 1.39. The highest BCUT2D eigenvalue weighted by Gasteiger charge is 2.75. The molecule has 156 valence electrons. The molecule has 10 heteroatoms. The van der Waals surface area contributed by atoms with E-state index < -0.39 is 28.6 Å². The van der Waals surface area contributed by atoms with Crippen molar-refractivity contribution in [3.63, 3.8) is 0 Å². The van der Waals surface area contributed by atoms with Crippen LogP contribution in [0.5, 0.6) is 5.75 Å². The quantitative estimate of drug-likeness (QED) is 0.552. The minimum atomic E-state index is -5.81. The molecule has 0 bridgehead atoms. The third-order valence-electron chi connectivity index (χ3n) is 4.21. The SMILES string of the molecule is COc1ccc(C2OC(C(F)(F)F)(C(F)(F)F)N=C(c3ccc(C)cc3)S2)cc1. The molecule has 0 saturated carbocycles. The molecule has 2 aromatic rings. The molecule has 1 heterocycles. The molecule has 0 spiro atoms. The molecular formula is C19H15F6NO2S. The smallest absolute Gasteiger partial charge is 0.448 e. The number of methoxy groups -OCH3 is 1. The van der Waals surface area contributed by atoms with Crippen LogP contribution < -0.4 is 4.74 Å². The Bertz CT molecular complexity index is 877. The van der Waals surface area contributed by atoms with Gasteiger partial charge in [-0.1, -0.05) is 53.7 Å². The van der Waals surface area contributed by atoms with Crippen molar-refractivity contribution in [2.75, 3.05) is 7.11 Å². The van der Waals surface area contributed by atoms with Crippen molar-refractivity contribution in [2.24, 2.45) is 4.99 Å². The lowest BCUT2D eigenvalue weighted by atomic mass is 10.1. The van der Waals surface area contributed by atoms with Crippen LogP contribution >= 0.6 is 11.8 Å². The lowest BCUT2D eigenvalue weighted by molar-refractivity contribution is -0.382. The van der Waals surface area contributed by atoms with Gasteiger partial charge in [0.1, 0.15) is 16.2 Å². The normalized spacial score (nSPS) is 19.6. The van der Waals surface area contributed by atoms with Gasteiger partial charge in [0.25, 0.3) is 0 Å². The second-order valence-corrected chi connectivity index (χ2v) is 7.31. The first-order valence-electron chi connectivity index (χ1n) is 8.25. The molecule has 2 aromatic carbocycles. The molecule has 0 aliphatic carbocycles. The van der Waals surface area contributed by atoms with Crippen LogP contribution in [0.2, 0.25) is 0 Å². The van der Waals surface area contributed by atoms with Gasteiger partial charge in [0.15, 0.2) is 0 Å². The predicted octanol–water partition coefficient (Wildman–Crippen LogP) is 6.03. The van der Waals surface area contributed by atoms with Crippen LogP contribution in [0.25, 0.3) is 0 Å². The van der Waals surface area contributed by atoms with E-state index >= 15 is 0 Å². The van der Waals surface area contributed by atoms with Crippen LogP contribution in [0, 0.1) is 6.92 Å². The number of thioether (sulfide) groups is 1. The van der Waals surface area contributed by atoms with Gasteiger partial charge in [0.2, 0.25) is 0 Å². The van der Waals surface area contributed by atoms with Gasteiger partial charge >= 0.3 is 18.1 Å². The summed E-state index contributed by atoms with van der Waals surface area (Å²) in [6.07, 6.45) is -11.6. The fraction of sp³-hybridized carbons (Fsp3) is 0.316. The van der Waals surface area contributed by atoms with Crippen LogP contribution in [-0.2, 0) is 4.74 Å². The summed E-state index contributed by atoms with van der Waals surface area (Å²) >= 11 is 0.678. The summed E-state index contributed by atoms with van der Waals surface area (Å²) in [6, 6.07) is 11.6. The Kier molecular flexibility index (Phi) is 5.61. The van der Waals surface area contributed by atoms with Crippen molar-refractivity contribution < 1.29 is 35.8 Å². The maximum absolute atomic E-state index is 13.7. The number of aryl methyl sites for hydroxylation is 1. The molecule has 29 heavy (non-hydrogen) atoms. The zero-order valence-corrected chi connectivity index (χ0v) is 16.0. The summed E-state index contributed by atoms with van der Waals surface area (Å²) in [6.45, 7) is 1.75. The van der Waals surface area contributed by atoms with Crippen LogP contribution in [0.4, 0.5) is 26.3 Å². The summed E-state index contributed by atoms with van der Waals surface area (Å²) in [5.74, 6) is 0.403. The van der Waals surface area contributed by atoms with Crippen molar-refractivity contribution in [1.82, 2.24) is 0 Å². The average molecular weight is 435 g/mol. The van der Waals surface area contributed by atoms with Crippen LogP contribution in [0.15, 0.2) is 53.5 Å². The number of hydrogen-bond acceptors (Lipinski definition) is 4. The van der Waals surface area contributed by atoms with E-state index in [4.69, 9.17) is 4.74 Å². The maximum atomic E-state index is 13.7. The Labute approximate surface area is 166 Å². The zero-order valence-electron chi connectivity index (χ0n) is 15.1. The Morgan fingerprint density at radius 3 is 1.97 bits per heavy atom. The summed E-state index contributed by atoms with van der Waals surface area (Å²) in [5.41, 5.74) is -5.20. The molecule has 0 aromatic heterocycles. The molecule has 3 nitrogen and oxygen atoms in total. The molecule has 3 rings (SSSR count). The molecule has 0 saturated heterocycles. The maximum Gasteiger partial charge on any atom is 0.448 e. The molecule has 1 aliphatic heterocycles. The van der Waals surface area contributed by atoms with Crippen LogP contribution in [0.1, 0.15) is 22.1 Å². The van der Waals surface area contributed by atoms with Crippen molar-refractivity contribution in [3.05, 3.63) is 65.2 Å². The Morgan fingerprint density at radius 2 is 1.48 bits per heavy atom. The molecule has 1 atom stereocenters. The van der Waals surface area contributed by atoms with Gasteiger partial charge in [-0.3, -0.25) is 0 Å². The molecule has 1 unspecified atom stereocenters. The third kappa shape index (κ3) is 4.09. The Balaban J connectivity index is 2.15. The van der Waals surface area contributed by atoms with Gasteiger partial charge in [-0.25, -0.2) is 4.99 Å². The van der Waals surface area contributed by atoms with Gasteiger partial charge in [-0.2, -0.15) is 26.3 Å². The average Bonchev–Trinajstić information content (AvgIpc) is 2.66. The van der Waals surface area contributed by atoms with Gasteiger partial charge in [-0.05, 0) is 24.6 Å². The minimum Gasteiger partial charge on any atom is -0.497 e. The van der Waals surface area contributed by atoms with Crippen molar-refractivity contribution >= 4 is 16.8 Å². The molecule has 0 N–H and O–H groups in total. The summed E-state index contributed by atoms with van der Waals surface area (Å²) in [4.78, 5) is 3.05. The van der Waals surface area contributed by atoms with Gasteiger partial charge in [0, 0.05) is 5.56 Å². The standard InChI is InChI=1S/C19H15F6NO2S/c1-11-3-5-12(6-4-11)15-26-17(18(20,21)22,19(23,24)25)28-16(29-15)13-7-9-14(27-2)10-8-13/h3-10,16H,1-2H3. The monoisotopic (exact) mass is 435 g/mol. The van der Waals surface area contributed by atoms with Crippen molar-refractivity contribution in [3.8, 4) is 5.75 Å². The van der Waals surface area contributed by atoms with E-state index in [0.717, 1.165) is 5.56 Å². The second kappa shape index (κ2) is 7.56. The van der Waals surface area contributed by atoms with E-state index in [1.54, 1.807) is 19.1 Å². The van der Waals surface area contributed by atoms with E-state index in [1.807, 2.05) is 0 Å². The first-order chi connectivity index (χ1) is 13.5. The van der Waals surface area contributed by atoms with Gasteiger partial charge < -0.3 is 9.47 Å². The molecule has 0 fully saturated rings. The first kappa shape index (κ1) is 21.5. The Hall–Kier alpha value is -2.20. The number of halogens is 6. The van der Waals surface area contributed by atoms with E-state index in [9.17, 15) is 26.3 Å². The van der Waals surface area contributed by atoms with Gasteiger partial charge in [-0.15, -0.1) is 0 Å². The lowest BCUT2D eigenvalue weighted by Crippen LogP contribution is -2.59. The lowest BCUT2D eigenvalue weighted by Gasteiger charge is -2.40. The van der Waals surface area contributed by atoms with Crippen LogP contribution in [-0.4, -0.2) is 30.2 Å². The number of aliphatic imine (C=N–C) groups is 1. The molecule has 0 radical (unpaired) electrons. The van der Waals surface area contributed by atoms with Gasteiger partial charge in [0.05, 0.1) is 7.11 Å². The summed E-state index contributed by atoms with van der Waals surface area (Å²) < 4.78 is 91.6. The predicted molar refractivity (Wildman–Crippen MR) is 97.0 cm³/mol. The molecule has 0 amide bonds. The van der Waals surface area contributed by atoms with E-state index in [0.29, 0.717) is 17.5 Å². The number of ether oxygens (including phenoxy) is 2. The second-order valence-electron chi connectivity index (χ2n) is 6.26. The largest absolute Gasteiger partial charge is 0.497 e. The topological polar surface area (TPSA) is 30.8 Å². The van der Waals surface area contributed by atoms with E-state index in [2.05, 4.69) is 9.73 Å².